The van der Waals surface area contributed by atoms with E-state index >= 15 is 0 Å². The Morgan fingerprint density at radius 3 is 2.40 bits per heavy atom. The Hall–Kier alpha value is -1.83. The van der Waals surface area contributed by atoms with Gasteiger partial charge in [0.25, 0.3) is 5.91 Å². The maximum absolute atomic E-state index is 12.6. The van der Waals surface area contributed by atoms with Gasteiger partial charge in [0.15, 0.2) is 5.16 Å². The van der Waals surface area contributed by atoms with Gasteiger partial charge in [0.05, 0.1) is 0 Å². The van der Waals surface area contributed by atoms with Crippen molar-refractivity contribution in [1.82, 2.24) is 19.8 Å². The van der Waals surface area contributed by atoms with Crippen LogP contribution in [0.3, 0.4) is 0 Å². The number of aromatic nitrogens is 2. The predicted octanol–water partition coefficient (Wildman–Crippen LogP) is 3.80. The summed E-state index contributed by atoms with van der Waals surface area (Å²) in [5.74, 6) is 1.78. The van der Waals surface area contributed by atoms with Crippen molar-refractivity contribution in [3.05, 3.63) is 46.6 Å². The number of thioether (sulfide) groups is 1. The third-order valence-electron chi connectivity index (χ3n) is 5.70. The predicted molar refractivity (Wildman–Crippen MR) is 123 cm³/mol. The topological polar surface area (TPSA) is 52.6 Å². The van der Waals surface area contributed by atoms with E-state index < -0.39 is 0 Å². The van der Waals surface area contributed by atoms with Crippen LogP contribution in [0.1, 0.15) is 35.2 Å². The van der Waals surface area contributed by atoms with E-state index in [1.165, 1.54) is 6.42 Å². The van der Waals surface area contributed by atoms with Crippen molar-refractivity contribution in [2.45, 2.75) is 30.2 Å². The number of rotatable bonds is 5. The molecule has 0 atom stereocenters. The van der Waals surface area contributed by atoms with Crippen LogP contribution in [0.2, 0.25) is 5.15 Å². The number of piperidine rings is 1. The summed E-state index contributed by atoms with van der Waals surface area (Å²) in [4.78, 5) is 28.3. The summed E-state index contributed by atoms with van der Waals surface area (Å²) < 4.78 is 0. The molecule has 0 radical (unpaired) electrons. The van der Waals surface area contributed by atoms with E-state index in [-0.39, 0.29) is 5.91 Å². The minimum atomic E-state index is 0.142. The van der Waals surface area contributed by atoms with Crippen LogP contribution >= 0.6 is 23.4 Å². The molecular weight excluding hydrogens is 418 g/mol. The quantitative estimate of drug-likeness (QED) is 0.396. The molecule has 1 aromatic carbocycles. The number of hydrogen-bond acceptors (Lipinski definition) is 6. The highest BCUT2D eigenvalue weighted by Gasteiger charge is 2.19. The number of amides is 1. The molecule has 2 aliphatic heterocycles. The molecular formula is C22H28ClN5OS. The largest absolute Gasteiger partial charge is 0.354 e. The van der Waals surface area contributed by atoms with Crippen LogP contribution < -0.4 is 4.90 Å². The zero-order chi connectivity index (χ0) is 20.9. The van der Waals surface area contributed by atoms with Crippen LogP contribution in [0.5, 0.6) is 0 Å². The highest BCUT2D eigenvalue weighted by Crippen LogP contribution is 2.25. The van der Waals surface area contributed by atoms with Crippen molar-refractivity contribution < 1.29 is 4.79 Å². The molecule has 0 bridgehead atoms. The SMILES string of the molecule is CN1CCN(c2cc(Cl)nc(SCc3ccc(C(=O)N4CCCCC4)cc3)n2)CC1. The van der Waals surface area contributed by atoms with Crippen molar-refractivity contribution in [1.29, 1.82) is 0 Å². The Morgan fingerprint density at radius 1 is 1.00 bits per heavy atom. The van der Waals surface area contributed by atoms with E-state index in [9.17, 15) is 4.79 Å². The van der Waals surface area contributed by atoms with E-state index in [0.29, 0.717) is 10.3 Å². The van der Waals surface area contributed by atoms with Gasteiger partial charge in [-0.15, -0.1) is 0 Å². The Morgan fingerprint density at radius 2 is 1.70 bits per heavy atom. The van der Waals surface area contributed by atoms with Crippen molar-refractivity contribution in [2.75, 3.05) is 51.2 Å². The van der Waals surface area contributed by atoms with Gasteiger partial charge in [0, 0.05) is 56.7 Å². The number of halogens is 1. The van der Waals surface area contributed by atoms with Crippen LogP contribution in [0.25, 0.3) is 0 Å². The summed E-state index contributed by atoms with van der Waals surface area (Å²) in [6, 6.07) is 9.76. The molecule has 0 N–H and O–H groups in total. The number of anilines is 1. The standard InChI is InChI=1S/C22H28ClN5OS/c1-26-11-13-27(14-12-26)20-15-19(23)24-22(25-20)30-16-17-5-7-18(8-6-17)21(29)28-9-3-2-4-10-28/h5-8,15H,2-4,9-14,16H2,1H3. The first-order chi connectivity index (χ1) is 14.6. The minimum absolute atomic E-state index is 0.142. The van der Waals surface area contributed by atoms with Crippen LogP contribution in [0, 0.1) is 0 Å². The van der Waals surface area contributed by atoms with E-state index in [2.05, 4.69) is 21.8 Å². The summed E-state index contributed by atoms with van der Waals surface area (Å²) in [5.41, 5.74) is 1.90. The van der Waals surface area contributed by atoms with Gasteiger partial charge in [0.2, 0.25) is 0 Å². The summed E-state index contributed by atoms with van der Waals surface area (Å²) in [7, 11) is 2.14. The van der Waals surface area contributed by atoms with Crippen molar-refractivity contribution in [2.24, 2.45) is 0 Å². The summed E-state index contributed by atoms with van der Waals surface area (Å²) >= 11 is 7.84. The number of piperazine rings is 1. The van der Waals surface area contributed by atoms with Crippen molar-refractivity contribution in [3.63, 3.8) is 0 Å². The molecule has 6 nitrogen and oxygen atoms in total. The smallest absolute Gasteiger partial charge is 0.253 e. The molecule has 30 heavy (non-hydrogen) atoms. The third kappa shape index (κ3) is 5.45. The van der Waals surface area contributed by atoms with E-state index in [1.807, 2.05) is 35.2 Å². The lowest BCUT2D eigenvalue weighted by Crippen LogP contribution is -2.44. The summed E-state index contributed by atoms with van der Waals surface area (Å²) in [5, 5.41) is 1.16. The Kier molecular flexibility index (Phi) is 7.12. The summed E-state index contributed by atoms with van der Waals surface area (Å²) in [6.07, 6.45) is 3.44. The number of carbonyl (C=O) groups excluding carboxylic acids is 1. The molecule has 1 aromatic heterocycles. The Balaban J connectivity index is 1.36. The maximum atomic E-state index is 12.6. The second-order valence-corrected chi connectivity index (χ2v) is 9.29. The van der Waals surface area contributed by atoms with Crippen LogP contribution in [-0.2, 0) is 5.75 Å². The molecule has 2 aliphatic rings. The second-order valence-electron chi connectivity index (χ2n) is 7.96. The lowest BCUT2D eigenvalue weighted by atomic mass is 10.1. The molecule has 0 unspecified atom stereocenters. The molecule has 3 heterocycles. The fraction of sp³-hybridized carbons (Fsp3) is 0.500. The minimum Gasteiger partial charge on any atom is -0.354 e. The fourth-order valence-electron chi connectivity index (χ4n) is 3.82. The number of likely N-dealkylation sites (tertiary alicyclic amines) is 1. The first-order valence-corrected chi connectivity index (χ1v) is 11.9. The zero-order valence-electron chi connectivity index (χ0n) is 17.4. The molecule has 0 saturated carbocycles. The first kappa shape index (κ1) is 21.4. The van der Waals surface area contributed by atoms with E-state index in [0.717, 1.165) is 74.8 Å². The number of carbonyl (C=O) groups is 1. The van der Waals surface area contributed by atoms with Gasteiger partial charge >= 0.3 is 0 Å². The molecule has 8 heteroatoms. The molecule has 2 fully saturated rings. The molecule has 2 aromatic rings. The monoisotopic (exact) mass is 445 g/mol. The van der Waals surface area contributed by atoms with Crippen molar-refractivity contribution in [3.8, 4) is 0 Å². The average molecular weight is 446 g/mol. The normalized spacial score (nSPS) is 17.9. The average Bonchev–Trinajstić information content (AvgIpc) is 2.78. The second kappa shape index (κ2) is 9.98. The van der Waals surface area contributed by atoms with Crippen LogP contribution in [-0.4, -0.2) is 72.0 Å². The molecule has 1 amide bonds. The first-order valence-electron chi connectivity index (χ1n) is 10.6. The Labute approximate surface area is 187 Å². The molecule has 0 spiro atoms. The lowest BCUT2D eigenvalue weighted by Gasteiger charge is -2.33. The van der Waals surface area contributed by atoms with E-state index in [1.54, 1.807) is 11.8 Å². The van der Waals surface area contributed by atoms with Gasteiger partial charge in [-0.05, 0) is 44.0 Å². The number of nitrogens with zero attached hydrogens (tertiary/aromatic N) is 5. The van der Waals surface area contributed by atoms with Gasteiger partial charge in [-0.1, -0.05) is 35.5 Å². The van der Waals surface area contributed by atoms with Gasteiger partial charge < -0.3 is 14.7 Å². The van der Waals surface area contributed by atoms with Crippen molar-refractivity contribution >= 4 is 35.1 Å². The number of likely N-dealkylation sites (N-methyl/N-ethyl adjacent to an activating group) is 1. The van der Waals surface area contributed by atoms with Gasteiger partial charge in [-0.25, -0.2) is 9.97 Å². The highest BCUT2D eigenvalue weighted by molar-refractivity contribution is 7.98. The van der Waals surface area contributed by atoms with Gasteiger partial charge in [-0.3, -0.25) is 4.79 Å². The van der Waals surface area contributed by atoms with Gasteiger partial charge in [0.1, 0.15) is 11.0 Å². The third-order valence-corrected chi connectivity index (χ3v) is 6.81. The molecule has 160 valence electrons. The molecule has 0 aliphatic carbocycles. The fourth-order valence-corrected chi connectivity index (χ4v) is 4.86. The number of benzene rings is 1. The van der Waals surface area contributed by atoms with Gasteiger partial charge in [-0.2, -0.15) is 0 Å². The highest BCUT2D eigenvalue weighted by atomic mass is 35.5. The van der Waals surface area contributed by atoms with E-state index in [4.69, 9.17) is 16.6 Å². The summed E-state index contributed by atoms with van der Waals surface area (Å²) in [6.45, 7) is 5.68. The molecule has 4 rings (SSSR count). The lowest BCUT2D eigenvalue weighted by molar-refractivity contribution is 0.0724. The number of hydrogen-bond donors (Lipinski definition) is 0. The van der Waals surface area contributed by atoms with Crippen LogP contribution in [0.4, 0.5) is 5.82 Å². The Bertz CT molecular complexity index is 864. The molecule has 2 saturated heterocycles. The van der Waals surface area contributed by atoms with Crippen LogP contribution in [0.15, 0.2) is 35.5 Å². The zero-order valence-corrected chi connectivity index (χ0v) is 19.0. The maximum Gasteiger partial charge on any atom is 0.253 e.